The molecule has 1 aliphatic rings. The van der Waals surface area contributed by atoms with Crippen molar-refractivity contribution in [1.29, 1.82) is 0 Å². The number of benzene rings is 1. The van der Waals surface area contributed by atoms with Crippen LogP contribution in [0.1, 0.15) is 23.7 Å². The lowest BCUT2D eigenvalue weighted by Crippen LogP contribution is -2.49. The van der Waals surface area contributed by atoms with Gasteiger partial charge in [-0.1, -0.05) is 6.08 Å². The van der Waals surface area contributed by atoms with Crippen LogP contribution in [0.5, 0.6) is 11.5 Å². The molecule has 138 valence electrons. The van der Waals surface area contributed by atoms with Crippen molar-refractivity contribution in [1.82, 2.24) is 4.90 Å². The van der Waals surface area contributed by atoms with Gasteiger partial charge in [-0.2, -0.15) is 0 Å². The first-order chi connectivity index (χ1) is 11.7. The maximum atomic E-state index is 12.7. The second-order valence-corrected chi connectivity index (χ2v) is 8.69. The van der Waals surface area contributed by atoms with E-state index in [1.807, 2.05) is 11.8 Å². The summed E-state index contributed by atoms with van der Waals surface area (Å²) in [6.07, 6.45) is 2.21. The molecule has 1 atom stereocenters. The lowest BCUT2D eigenvalue weighted by molar-refractivity contribution is 0.0827. The van der Waals surface area contributed by atoms with Gasteiger partial charge < -0.3 is 9.47 Å². The molecule has 0 aromatic heterocycles. The number of hydrogen-bond donors (Lipinski definition) is 0. The lowest BCUT2D eigenvalue weighted by atomic mass is 9.98. The molecule has 7 heteroatoms. The molecule has 0 bridgehead atoms. The molecule has 0 unspecified atom stereocenters. The van der Waals surface area contributed by atoms with Gasteiger partial charge in [0.05, 0.1) is 32.3 Å². The molecule has 1 heterocycles. The van der Waals surface area contributed by atoms with Crippen LogP contribution in [0.15, 0.2) is 30.9 Å². The number of methoxy groups -OCH3 is 2. The Morgan fingerprint density at radius 2 is 2.00 bits per heavy atom. The molecule has 0 saturated carbocycles. The van der Waals surface area contributed by atoms with E-state index in [-0.39, 0.29) is 23.8 Å². The average Bonchev–Trinajstić information content (AvgIpc) is 2.88. The molecule has 0 N–H and O–H groups in total. The highest BCUT2D eigenvalue weighted by atomic mass is 32.2. The van der Waals surface area contributed by atoms with Gasteiger partial charge in [-0.15, -0.1) is 6.58 Å². The minimum atomic E-state index is -3.06. The lowest BCUT2D eigenvalue weighted by Gasteiger charge is -2.36. The maximum Gasteiger partial charge on any atom is 0.176 e. The largest absolute Gasteiger partial charge is 0.493 e. The Morgan fingerprint density at radius 1 is 1.32 bits per heavy atom. The highest BCUT2D eigenvalue weighted by Crippen LogP contribution is 2.31. The topological polar surface area (TPSA) is 72.9 Å². The van der Waals surface area contributed by atoms with Crippen molar-refractivity contribution < 1.29 is 22.7 Å². The third-order valence-electron chi connectivity index (χ3n) is 4.64. The van der Waals surface area contributed by atoms with Crippen LogP contribution in [0, 0.1) is 0 Å². The number of Topliss-reactive ketones (excluding diaryl/α,β-unsaturated/α-hetero) is 1. The molecule has 1 aliphatic heterocycles. The molecule has 25 heavy (non-hydrogen) atoms. The van der Waals surface area contributed by atoms with Gasteiger partial charge in [0.1, 0.15) is 0 Å². The zero-order valence-electron chi connectivity index (χ0n) is 14.9. The van der Waals surface area contributed by atoms with Crippen LogP contribution in [0.2, 0.25) is 0 Å². The van der Waals surface area contributed by atoms with E-state index in [0.29, 0.717) is 30.0 Å². The van der Waals surface area contributed by atoms with E-state index < -0.39 is 15.4 Å². The summed E-state index contributed by atoms with van der Waals surface area (Å²) in [4.78, 5) is 14.6. The first kappa shape index (κ1) is 19.5. The SMILES string of the molecule is C=CCN(CC(=O)c1ccc(OC)c(OC)c1)[C@@]1(C)CCS(=O)(=O)C1. The summed E-state index contributed by atoms with van der Waals surface area (Å²) in [5.41, 5.74) is -0.0599. The summed E-state index contributed by atoms with van der Waals surface area (Å²) in [6, 6.07) is 5.01. The van der Waals surface area contributed by atoms with E-state index in [0.717, 1.165) is 0 Å². The van der Waals surface area contributed by atoms with Gasteiger partial charge in [-0.05, 0) is 31.5 Å². The number of ether oxygens (including phenoxy) is 2. The zero-order valence-corrected chi connectivity index (χ0v) is 15.8. The van der Waals surface area contributed by atoms with Crippen LogP contribution >= 0.6 is 0 Å². The number of ketones is 1. The first-order valence-electron chi connectivity index (χ1n) is 8.06. The van der Waals surface area contributed by atoms with Gasteiger partial charge in [-0.25, -0.2) is 8.42 Å². The standard InChI is InChI=1S/C18H25NO5S/c1-5-9-19(18(2)8-10-25(21,22)13-18)12-15(20)14-6-7-16(23-3)17(11-14)24-4/h5-7,11H,1,8-10,12-13H2,2-4H3/t18-/m0/s1. The van der Waals surface area contributed by atoms with Crippen molar-refractivity contribution in [2.75, 3.05) is 38.8 Å². The highest BCUT2D eigenvalue weighted by molar-refractivity contribution is 7.91. The molecule has 1 aromatic rings. The van der Waals surface area contributed by atoms with Gasteiger partial charge in [-0.3, -0.25) is 9.69 Å². The predicted molar refractivity (Wildman–Crippen MR) is 97.3 cm³/mol. The molecule has 1 fully saturated rings. The van der Waals surface area contributed by atoms with Crippen LogP contribution < -0.4 is 9.47 Å². The van der Waals surface area contributed by atoms with E-state index in [1.165, 1.54) is 14.2 Å². The molecule has 0 radical (unpaired) electrons. The molecular formula is C18H25NO5S. The summed E-state index contributed by atoms with van der Waals surface area (Å²) in [5.74, 6) is 1.15. The van der Waals surface area contributed by atoms with E-state index in [2.05, 4.69) is 6.58 Å². The van der Waals surface area contributed by atoms with E-state index in [9.17, 15) is 13.2 Å². The Morgan fingerprint density at radius 3 is 2.52 bits per heavy atom. The van der Waals surface area contributed by atoms with Crippen molar-refractivity contribution in [2.45, 2.75) is 18.9 Å². The Bertz CT molecular complexity index is 759. The third kappa shape index (κ3) is 4.41. The second kappa shape index (κ2) is 7.58. The summed E-state index contributed by atoms with van der Waals surface area (Å²) in [5, 5.41) is 0. The molecule has 0 aliphatic carbocycles. The van der Waals surface area contributed by atoms with Crippen LogP contribution in [-0.4, -0.2) is 63.5 Å². The minimum Gasteiger partial charge on any atom is -0.493 e. The second-order valence-electron chi connectivity index (χ2n) is 6.50. The van der Waals surface area contributed by atoms with Crippen LogP contribution in [0.25, 0.3) is 0 Å². The predicted octanol–water partition coefficient (Wildman–Crippen LogP) is 1.95. The molecule has 1 aromatic carbocycles. The molecule has 2 rings (SSSR count). The summed E-state index contributed by atoms with van der Waals surface area (Å²) in [6.45, 7) is 6.19. The molecule has 1 saturated heterocycles. The van der Waals surface area contributed by atoms with E-state index in [4.69, 9.17) is 9.47 Å². The van der Waals surface area contributed by atoms with Crippen LogP contribution in [-0.2, 0) is 9.84 Å². The number of nitrogens with zero attached hydrogens (tertiary/aromatic N) is 1. The van der Waals surface area contributed by atoms with Crippen molar-refractivity contribution >= 4 is 15.6 Å². The molecular weight excluding hydrogens is 342 g/mol. The summed E-state index contributed by atoms with van der Waals surface area (Å²) >= 11 is 0. The van der Waals surface area contributed by atoms with Crippen molar-refractivity contribution in [3.63, 3.8) is 0 Å². The third-order valence-corrected chi connectivity index (χ3v) is 6.52. The van der Waals surface area contributed by atoms with Crippen molar-refractivity contribution in [3.8, 4) is 11.5 Å². The monoisotopic (exact) mass is 367 g/mol. The minimum absolute atomic E-state index is 0.0626. The number of hydrogen-bond acceptors (Lipinski definition) is 6. The van der Waals surface area contributed by atoms with Crippen molar-refractivity contribution in [2.24, 2.45) is 0 Å². The fourth-order valence-corrected chi connectivity index (χ4v) is 5.32. The number of carbonyl (C=O) groups is 1. The number of rotatable bonds is 8. The van der Waals surface area contributed by atoms with E-state index >= 15 is 0 Å². The molecule has 6 nitrogen and oxygen atoms in total. The molecule has 0 amide bonds. The Balaban J connectivity index is 2.22. The van der Waals surface area contributed by atoms with Gasteiger partial charge >= 0.3 is 0 Å². The summed E-state index contributed by atoms with van der Waals surface area (Å²) in [7, 11) is -0.0124. The first-order valence-corrected chi connectivity index (χ1v) is 9.88. The van der Waals surface area contributed by atoms with Gasteiger partial charge in [0.25, 0.3) is 0 Å². The fraction of sp³-hybridized carbons (Fsp3) is 0.500. The Hall–Kier alpha value is -1.86. The molecule has 0 spiro atoms. The smallest absolute Gasteiger partial charge is 0.176 e. The quantitative estimate of drug-likeness (QED) is 0.517. The Kier molecular flexibility index (Phi) is 5.90. The normalized spacial score (nSPS) is 21.9. The zero-order chi connectivity index (χ0) is 18.7. The van der Waals surface area contributed by atoms with Gasteiger partial charge in [0.15, 0.2) is 27.1 Å². The average molecular weight is 367 g/mol. The Labute approximate surface area is 149 Å². The number of sulfone groups is 1. The summed E-state index contributed by atoms with van der Waals surface area (Å²) < 4.78 is 34.2. The maximum absolute atomic E-state index is 12.7. The van der Waals surface area contributed by atoms with Gasteiger partial charge in [0, 0.05) is 17.6 Å². The number of carbonyl (C=O) groups excluding carboxylic acids is 1. The van der Waals surface area contributed by atoms with Gasteiger partial charge in [0.2, 0.25) is 0 Å². The highest BCUT2D eigenvalue weighted by Gasteiger charge is 2.42. The van der Waals surface area contributed by atoms with Crippen LogP contribution in [0.3, 0.4) is 0 Å². The van der Waals surface area contributed by atoms with Crippen LogP contribution in [0.4, 0.5) is 0 Å². The van der Waals surface area contributed by atoms with E-state index in [1.54, 1.807) is 24.3 Å². The van der Waals surface area contributed by atoms with Crippen molar-refractivity contribution in [3.05, 3.63) is 36.4 Å². The fourth-order valence-electron chi connectivity index (χ4n) is 3.15.